The maximum absolute atomic E-state index is 6.15. The van der Waals surface area contributed by atoms with Gasteiger partial charge in [0.1, 0.15) is 0 Å². The minimum absolute atomic E-state index is 0.0745. The Balaban J connectivity index is 1.73. The van der Waals surface area contributed by atoms with Crippen molar-refractivity contribution < 1.29 is 0 Å². The van der Waals surface area contributed by atoms with Gasteiger partial charge in [-0.25, -0.2) is 4.68 Å². The first-order chi connectivity index (χ1) is 12.5. The quantitative estimate of drug-likeness (QED) is 0.768. The lowest BCUT2D eigenvalue weighted by Crippen LogP contribution is -2.48. The van der Waals surface area contributed by atoms with Gasteiger partial charge in [-0.2, -0.15) is 0 Å². The van der Waals surface area contributed by atoms with Gasteiger partial charge < -0.3 is 4.90 Å². The SMILES string of the molecule is CCC(c1nnnn1C(C)(C)CC)N1CCN(c2cccc(Cl)c2)CC1. The fourth-order valence-corrected chi connectivity index (χ4v) is 3.74. The minimum Gasteiger partial charge on any atom is -0.369 e. The molecule has 2 aromatic rings. The van der Waals surface area contributed by atoms with E-state index >= 15 is 0 Å². The van der Waals surface area contributed by atoms with Crippen molar-refractivity contribution in [3.63, 3.8) is 0 Å². The Kier molecular flexibility index (Phi) is 5.82. The van der Waals surface area contributed by atoms with E-state index in [4.69, 9.17) is 11.6 Å². The highest BCUT2D eigenvalue weighted by Crippen LogP contribution is 2.29. The zero-order chi connectivity index (χ0) is 18.7. The summed E-state index contributed by atoms with van der Waals surface area (Å²) in [6, 6.07) is 8.35. The van der Waals surface area contributed by atoms with Crippen molar-refractivity contribution in [3.8, 4) is 0 Å². The molecule has 0 bridgehead atoms. The van der Waals surface area contributed by atoms with Crippen LogP contribution in [-0.4, -0.2) is 51.3 Å². The molecule has 0 spiro atoms. The molecule has 1 aliphatic heterocycles. The molecule has 0 radical (unpaired) electrons. The first kappa shape index (κ1) is 19.1. The monoisotopic (exact) mass is 376 g/mol. The number of nitrogens with zero attached hydrogens (tertiary/aromatic N) is 6. The van der Waals surface area contributed by atoms with E-state index in [0.717, 1.165) is 49.9 Å². The third kappa shape index (κ3) is 3.86. The fourth-order valence-electron chi connectivity index (χ4n) is 3.55. The van der Waals surface area contributed by atoms with Gasteiger partial charge in [0.25, 0.3) is 0 Å². The molecule has 0 amide bonds. The van der Waals surface area contributed by atoms with Gasteiger partial charge in [0.2, 0.25) is 0 Å². The van der Waals surface area contributed by atoms with Gasteiger partial charge in [0.15, 0.2) is 5.82 Å². The molecule has 1 saturated heterocycles. The van der Waals surface area contributed by atoms with Gasteiger partial charge in [0.05, 0.1) is 11.6 Å². The van der Waals surface area contributed by atoms with E-state index in [-0.39, 0.29) is 11.6 Å². The third-order valence-electron chi connectivity index (χ3n) is 5.55. The Morgan fingerprint density at radius 2 is 1.88 bits per heavy atom. The van der Waals surface area contributed by atoms with Gasteiger partial charge in [-0.15, -0.1) is 5.10 Å². The summed E-state index contributed by atoms with van der Waals surface area (Å²) in [7, 11) is 0. The molecule has 1 fully saturated rings. The predicted octanol–water partition coefficient (Wildman–Crippen LogP) is 3.74. The topological polar surface area (TPSA) is 50.1 Å². The van der Waals surface area contributed by atoms with Crippen LogP contribution in [0.4, 0.5) is 5.69 Å². The second kappa shape index (κ2) is 7.92. The van der Waals surface area contributed by atoms with Crippen molar-refractivity contribution >= 4 is 17.3 Å². The molecule has 1 aromatic heterocycles. The molecule has 26 heavy (non-hydrogen) atoms. The smallest absolute Gasteiger partial charge is 0.168 e. The Morgan fingerprint density at radius 1 is 1.15 bits per heavy atom. The number of rotatable bonds is 6. The Morgan fingerprint density at radius 3 is 2.50 bits per heavy atom. The molecule has 1 unspecified atom stereocenters. The number of tetrazole rings is 1. The van der Waals surface area contributed by atoms with E-state index in [9.17, 15) is 0 Å². The molecular formula is C19H29ClN6. The van der Waals surface area contributed by atoms with E-state index in [1.165, 1.54) is 5.69 Å². The van der Waals surface area contributed by atoms with Crippen LogP contribution in [0.3, 0.4) is 0 Å². The van der Waals surface area contributed by atoms with Gasteiger partial charge in [-0.1, -0.05) is 31.5 Å². The van der Waals surface area contributed by atoms with Crippen LogP contribution in [0.2, 0.25) is 5.02 Å². The van der Waals surface area contributed by atoms with Crippen LogP contribution in [0.15, 0.2) is 24.3 Å². The van der Waals surface area contributed by atoms with Crippen LogP contribution < -0.4 is 4.90 Å². The van der Waals surface area contributed by atoms with Crippen molar-refractivity contribution in [1.82, 2.24) is 25.1 Å². The highest BCUT2D eigenvalue weighted by Gasteiger charge is 2.32. The summed E-state index contributed by atoms with van der Waals surface area (Å²) < 4.78 is 2.02. The molecule has 0 N–H and O–H groups in total. The summed E-state index contributed by atoms with van der Waals surface area (Å²) in [5.74, 6) is 0.982. The highest BCUT2D eigenvalue weighted by molar-refractivity contribution is 6.30. The molecule has 2 heterocycles. The number of benzene rings is 1. The standard InChI is InChI=1S/C19H29ClN6/c1-5-17(18-21-22-23-26(18)19(3,4)6-2)25-12-10-24(11-13-25)16-9-7-8-15(20)14-16/h7-9,14,17H,5-6,10-13H2,1-4H3. The molecule has 1 aliphatic rings. The average Bonchev–Trinajstić information content (AvgIpc) is 3.13. The summed E-state index contributed by atoms with van der Waals surface area (Å²) in [5.41, 5.74) is 1.12. The highest BCUT2D eigenvalue weighted by atomic mass is 35.5. The minimum atomic E-state index is -0.0745. The zero-order valence-electron chi connectivity index (χ0n) is 16.2. The molecular weight excluding hydrogens is 348 g/mol. The average molecular weight is 377 g/mol. The van der Waals surface area contributed by atoms with E-state index in [1.807, 2.05) is 22.9 Å². The molecule has 142 valence electrons. The maximum atomic E-state index is 6.15. The van der Waals surface area contributed by atoms with Gasteiger partial charge >= 0.3 is 0 Å². The van der Waals surface area contributed by atoms with Gasteiger partial charge in [0, 0.05) is 36.9 Å². The van der Waals surface area contributed by atoms with E-state index in [0.29, 0.717) is 0 Å². The largest absolute Gasteiger partial charge is 0.369 e. The summed E-state index contributed by atoms with van der Waals surface area (Å²) in [6.45, 7) is 12.7. The van der Waals surface area contributed by atoms with Crippen molar-refractivity contribution in [2.45, 2.75) is 52.1 Å². The summed E-state index contributed by atoms with van der Waals surface area (Å²) in [4.78, 5) is 4.91. The van der Waals surface area contributed by atoms with Crippen molar-refractivity contribution in [2.24, 2.45) is 0 Å². The number of aromatic nitrogens is 4. The molecule has 0 saturated carbocycles. The fraction of sp³-hybridized carbons (Fsp3) is 0.632. The van der Waals surface area contributed by atoms with Crippen molar-refractivity contribution in [3.05, 3.63) is 35.1 Å². The summed E-state index contributed by atoms with van der Waals surface area (Å²) >= 11 is 6.15. The van der Waals surface area contributed by atoms with Crippen molar-refractivity contribution in [1.29, 1.82) is 0 Å². The van der Waals surface area contributed by atoms with Crippen molar-refractivity contribution in [2.75, 3.05) is 31.1 Å². The van der Waals surface area contributed by atoms with Crippen LogP contribution in [0.5, 0.6) is 0 Å². The lowest BCUT2D eigenvalue weighted by atomic mass is 10.0. The lowest BCUT2D eigenvalue weighted by Gasteiger charge is -2.40. The van der Waals surface area contributed by atoms with E-state index in [1.54, 1.807) is 0 Å². The Labute approximate surface area is 161 Å². The molecule has 6 nitrogen and oxygen atoms in total. The zero-order valence-corrected chi connectivity index (χ0v) is 16.9. The second-order valence-electron chi connectivity index (χ2n) is 7.54. The summed E-state index contributed by atoms with van der Waals surface area (Å²) in [5, 5.41) is 13.5. The number of piperazine rings is 1. The first-order valence-electron chi connectivity index (χ1n) is 9.49. The number of anilines is 1. The number of hydrogen-bond donors (Lipinski definition) is 0. The predicted molar refractivity (Wildman–Crippen MR) is 106 cm³/mol. The molecule has 1 atom stereocenters. The lowest BCUT2D eigenvalue weighted by molar-refractivity contribution is 0.158. The third-order valence-corrected chi connectivity index (χ3v) is 5.78. The second-order valence-corrected chi connectivity index (χ2v) is 7.98. The normalized spacial score (nSPS) is 17.5. The van der Waals surface area contributed by atoms with Gasteiger partial charge in [-0.3, -0.25) is 4.90 Å². The number of halogens is 1. The van der Waals surface area contributed by atoms with Crippen LogP contribution in [0.25, 0.3) is 0 Å². The summed E-state index contributed by atoms with van der Waals surface area (Å²) in [6.07, 6.45) is 1.99. The molecule has 1 aromatic carbocycles. The van der Waals surface area contributed by atoms with Crippen LogP contribution in [0.1, 0.15) is 52.4 Å². The Bertz CT molecular complexity index is 720. The van der Waals surface area contributed by atoms with Crippen LogP contribution in [-0.2, 0) is 5.54 Å². The van der Waals surface area contributed by atoms with E-state index < -0.39 is 0 Å². The van der Waals surface area contributed by atoms with Crippen LogP contribution >= 0.6 is 11.6 Å². The first-order valence-corrected chi connectivity index (χ1v) is 9.87. The van der Waals surface area contributed by atoms with Crippen LogP contribution in [0, 0.1) is 0 Å². The molecule has 3 rings (SSSR count). The maximum Gasteiger partial charge on any atom is 0.168 e. The molecule has 0 aliphatic carbocycles. The number of hydrogen-bond acceptors (Lipinski definition) is 5. The van der Waals surface area contributed by atoms with Gasteiger partial charge in [-0.05, 0) is 55.3 Å². The Hall–Kier alpha value is -1.66. The van der Waals surface area contributed by atoms with E-state index in [2.05, 4.69) is 59.1 Å². The molecule has 7 heteroatoms.